The number of aromatic carboxylic acids is 1. The lowest BCUT2D eigenvalue weighted by Gasteiger charge is -2.36. The van der Waals surface area contributed by atoms with Gasteiger partial charge in [0, 0.05) is 32.1 Å². The molecule has 190 valence electrons. The molecule has 1 aliphatic carbocycles. The molecule has 3 aromatic rings. The van der Waals surface area contributed by atoms with Gasteiger partial charge in [-0.25, -0.2) is 14.5 Å². The van der Waals surface area contributed by atoms with Gasteiger partial charge in [-0.15, -0.1) is 0 Å². The lowest BCUT2D eigenvalue weighted by Crippen LogP contribution is -2.39. The summed E-state index contributed by atoms with van der Waals surface area (Å²) in [6.45, 7) is 6.80. The van der Waals surface area contributed by atoms with Crippen LogP contribution in [0.15, 0.2) is 36.4 Å². The number of anilines is 1. The summed E-state index contributed by atoms with van der Waals surface area (Å²) < 4.78 is 7.34. The Kier molecular flexibility index (Phi) is 6.63. The fourth-order valence-corrected chi connectivity index (χ4v) is 5.85. The van der Waals surface area contributed by atoms with Gasteiger partial charge in [0.15, 0.2) is 11.3 Å². The summed E-state index contributed by atoms with van der Waals surface area (Å²) in [5, 5.41) is 16.0. The van der Waals surface area contributed by atoms with E-state index in [2.05, 4.69) is 14.8 Å². The summed E-state index contributed by atoms with van der Waals surface area (Å²) in [5.74, 6) is 0.128. The molecule has 1 saturated carbocycles. The van der Waals surface area contributed by atoms with Crippen LogP contribution in [0, 0.1) is 5.92 Å². The van der Waals surface area contributed by atoms with E-state index in [1.165, 1.54) is 12.8 Å². The van der Waals surface area contributed by atoms with Crippen molar-refractivity contribution < 1.29 is 14.6 Å². The first-order chi connectivity index (χ1) is 17.7. The molecule has 6 rings (SSSR count). The lowest BCUT2D eigenvalue weighted by atomic mass is 9.81. The Morgan fingerprint density at radius 3 is 2.44 bits per heavy atom. The number of hydrogen-bond donors (Lipinski definition) is 1. The van der Waals surface area contributed by atoms with Crippen LogP contribution in [-0.2, 0) is 4.74 Å². The van der Waals surface area contributed by atoms with Crippen LogP contribution in [0.25, 0.3) is 16.7 Å². The summed E-state index contributed by atoms with van der Waals surface area (Å²) >= 11 is 0. The smallest absolute Gasteiger partial charge is 0.354 e. The molecular formula is C28H35N5O3. The molecule has 2 aromatic heterocycles. The van der Waals surface area contributed by atoms with E-state index in [4.69, 9.17) is 9.84 Å². The Bertz CT molecular complexity index is 1210. The zero-order valence-electron chi connectivity index (χ0n) is 20.8. The average molecular weight is 490 g/mol. The van der Waals surface area contributed by atoms with E-state index in [0.717, 1.165) is 94.1 Å². The van der Waals surface area contributed by atoms with Crippen LogP contribution >= 0.6 is 0 Å². The molecule has 1 N–H and O–H groups in total. The minimum atomic E-state index is -0.996. The van der Waals surface area contributed by atoms with E-state index >= 15 is 0 Å². The SMILES string of the molecule is O=C(O)c1cc(N2CCC(CCN3CCOCC3)CC2)c2c(C3CCC3)nn(-c3ccccc3)c2n1. The van der Waals surface area contributed by atoms with Crippen LogP contribution in [0.3, 0.4) is 0 Å². The summed E-state index contributed by atoms with van der Waals surface area (Å²) in [6, 6.07) is 11.7. The number of piperidine rings is 1. The number of carbonyl (C=O) groups is 1. The average Bonchev–Trinajstić information content (AvgIpc) is 3.26. The van der Waals surface area contributed by atoms with Crippen molar-refractivity contribution in [2.45, 2.75) is 44.4 Å². The highest BCUT2D eigenvalue weighted by Gasteiger charge is 2.31. The van der Waals surface area contributed by atoms with Crippen LogP contribution in [-0.4, -0.2) is 76.7 Å². The number of carboxylic acid groups (broad SMARTS) is 1. The Morgan fingerprint density at radius 1 is 1.03 bits per heavy atom. The van der Waals surface area contributed by atoms with E-state index in [9.17, 15) is 9.90 Å². The van der Waals surface area contributed by atoms with E-state index in [1.54, 1.807) is 6.07 Å². The summed E-state index contributed by atoms with van der Waals surface area (Å²) in [4.78, 5) is 21.6. The topological polar surface area (TPSA) is 83.7 Å². The van der Waals surface area contributed by atoms with E-state index in [1.807, 2.05) is 35.0 Å². The first-order valence-corrected chi connectivity index (χ1v) is 13.4. The monoisotopic (exact) mass is 489 g/mol. The van der Waals surface area contributed by atoms with Crippen LogP contribution in [0.5, 0.6) is 0 Å². The summed E-state index contributed by atoms with van der Waals surface area (Å²) in [7, 11) is 0. The van der Waals surface area contributed by atoms with Crippen molar-refractivity contribution in [1.82, 2.24) is 19.7 Å². The molecule has 3 fully saturated rings. The number of hydrogen-bond acceptors (Lipinski definition) is 6. The molecule has 0 atom stereocenters. The second-order valence-electron chi connectivity index (χ2n) is 10.5. The van der Waals surface area contributed by atoms with Crippen LogP contribution in [0.1, 0.15) is 60.6 Å². The number of nitrogens with zero attached hydrogens (tertiary/aromatic N) is 5. The van der Waals surface area contributed by atoms with Gasteiger partial charge in [-0.2, -0.15) is 5.10 Å². The van der Waals surface area contributed by atoms with Gasteiger partial charge in [0.2, 0.25) is 0 Å². The molecule has 0 radical (unpaired) electrons. The second kappa shape index (κ2) is 10.2. The van der Waals surface area contributed by atoms with Gasteiger partial charge in [-0.1, -0.05) is 24.6 Å². The van der Waals surface area contributed by atoms with Gasteiger partial charge in [-0.3, -0.25) is 4.90 Å². The van der Waals surface area contributed by atoms with Gasteiger partial charge >= 0.3 is 5.97 Å². The van der Waals surface area contributed by atoms with Gasteiger partial charge in [0.05, 0.1) is 35.7 Å². The molecule has 0 bridgehead atoms. The van der Waals surface area contributed by atoms with E-state index in [0.29, 0.717) is 17.5 Å². The zero-order valence-corrected chi connectivity index (χ0v) is 20.8. The maximum absolute atomic E-state index is 12.1. The highest BCUT2D eigenvalue weighted by Crippen LogP contribution is 2.43. The van der Waals surface area contributed by atoms with E-state index < -0.39 is 5.97 Å². The molecule has 36 heavy (non-hydrogen) atoms. The van der Waals surface area contributed by atoms with Gasteiger partial charge < -0.3 is 14.7 Å². The predicted octanol–water partition coefficient (Wildman–Crippen LogP) is 4.32. The largest absolute Gasteiger partial charge is 0.477 e. The molecular weight excluding hydrogens is 454 g/mol. The highest BCUT2D eigenvalue weighted by molar-refractivity contribution is 5.98. The van der Waals surface area contributed by atoms with Gasteiger partial charge in [0.25, 0.3) is 0 Å². The van der Waals surface area contributed by atoms with Gasteiger partial charge in [0.1, 0.15) is 0 Å². The standard InChI is InChI=1S/C28H35N5O3/c34-28(35)23-19-24(32-13-10-20(11-14-32)9-12-31-15-17-36-18-16-31)25-26(21-5-4-6-21)30-33(27(25)29-23)22-7-2-1-3-8-22/h1-3,7-8,19-21H,4-6,9-18H2,(H,34,35). The highest BCUT2D eigenvalue weighted by atomic mass is 16.5. The molecule has 2 aliphatic heterocycles. The first-order valence-electron chi connectivity index (χ1n) is 13.4. The zero-order chi connectivity index (χ0) is 24.5. The number of para-hydroxylation sites is 1. The molecule has 4 heterocycles. The van der Waals surface area contributed by atoms with Gasteiger partial charge in [-0.05, 0) is 62.8 Å². The molecule has 0 spiro atoms. The molecule has 8 nitrogen and oxygen atoms in total. The Labute approximate surface area is 211 Å². The molecule has 0 amide bonds. The number of fused-ring (bicyclic) bond motifs is 1. The van der Waals surface area contributed by atoms with Crippen LogP contribution < -0.4 is 4.90 Å². The molecule has 2 saturated heterocycles. The third-order valence-electron chi connectivity index (χ3n) is 8.27. The van der Waals surface area contributed by atoms with Crippen molar-refractivity contribution >= 4 is 22.7 Å². The third-order valence-corrected chi connectivity index (χ3v) is 8.27. The van der Waals surface area contributed by atoms with Crippen LogP contribution in [0.2, 0.25) is 0 Å². The number of carboxylic acids is 1. The Morgan fingerprint density at radius 2 is 1.78 bits per heavy atom. The fourth-order valence-electron chi connectivity index (χ4n) is 5.85. The number of benzene rings is 1. The van der Waals surface area contributed by atoms with Crippen molar-refractivity contribution in [3.8, 4) is 5.69 Å². The van der Waals surface area contributed by atoms with Crippen molar-refractivity contribution in [3.63, 3.8) is 0 Å². The fraction of sp³-hybridized carbons (Fsp3) is 0.536. The summed E-state index contributed by atoms with van der Waals surface area (Å²) in [5.41, 5.74) is 3.73. The van der Waals surface area contributed by atoms with Crippen molar-refractivity contribution in [3.05, 3.63) is 47.8 Å². The maximum Gasteiger partial charge on any atom is 0.354 e. The van der Waals surface area contributed by atoms with Crippen LogP contribution in [0.4, 0.5) is 5.69 Å². The Balaban J connectivity index is 1.31. The first kappa shape index (κ1) is 23.4. The van der Waals surface area contributed by atoms with E-state index in [-0.39, 0.29) is 5.69 Å². The molecule has 1 aromatic carbocycles. The van der Waals surface area contributed by atoms with Crippen molar-refractivity contribution in [1.29, 1.82) is 0 Å². The number of pyridine rings is 1. The van der Waals surface area contributed by atoms with Crippen molar-refractivity contribution in [2.75, 3.05) is 50.8 Å². The predicted molar refractivity (Wildman–Crippen MR) is 139 cm³/mol. The second-order valence-corrected chi connectivity index (χ2v) is 10.5. The molecule has 3 aliphatic rings. The maximum atomic E-state index is 12.1. The lowest BCUT2D eigenvalue weighted by molar-refractivity contribution is 0.0349. The molecule has 0 unspecified atom stereocenters. The molecule has 8 heteroatoms. The Hall–Kier alpha value is -2.97. The number of morpholine rings is 1. The number of ether oxygens (including phenoxy) is 1. The normalized spacial score (nSPS) is 20.1. The quantitative estimate of drug-likeness (QED) is 0.529. The third kappa shape index (κ3) is 4.60. The number of rotatable bonds is 7. The minimum Gasteiger partial charge on any atom is -0.477 e. The number of aromatic nitrogens is 3. The summed E-state index contributed by atoms with van der Waals surface area (Å²) in [6.07, 6.45) is 6.95. The van der Waals surface area contributed by atoms with Crippen molar-refractivity contribution in [2.24, 2.45) is 5.92 Å². The minimum absolute atomic E-state index is 0.0872.